The van der Waals surface area contributed by atoms with Gasteiger partial charge in [0.05, 0.1) is 22.3 Å². The Hall–Kier alpha value is -3.71. The number of Topliss-reactive ketones (excluding diaryl/α,β-unsaturated/α-hetero) is 1. The third kappa shape index (κ3) is 3.96. The first-order valence-corrected chi connectivity index (χ1v) is 10.9. The van der Waals surface area contributed by atoms with Gasteiger partial charge in [-0.3, -0.25) is 14.9 Å². The third-order valence-electron chi connectivity index (χ3n) is 6.15. The molecule has 2 aliphatic rings. The summed E-state index contributed by atoms with van der Waals surface area (Å²) in [6, 6.07) is 17.8. The van der Waals surface area contributed by atoms with Crippen molar-refractivity contribution in [2.24, 2.45) is 0 Å². The van der Waals surface area contributed by atoms with Crippen LogP contribution < -0.4 is 10.6 Å². The van der Waals surface area contributed by atoms with Gasteiger partial charge in [-0.25, -0.2) is 4.39 Å². The molecular formula is C25H19ClFN3O3. The predicted octanol–water partition coefficient (Wildman–Crippen LogP) is 6.37. The second-order valence-corrected chi connectivity index (χ2v) is 8.60. The molecule has 2 N–H and O–H groups in total. The fraction of sp³-hybridized carbons (Fsp3) is 0.160. The van der Waals surface area contributed by atoms with E-state index in [9.17, 15) is 19.3 Å². The molecule has 8 heteroatoms. The number of benzene rings is 3. The van der Waals surface area contributed by atoms with Crippen LogP contribution in [0.3, 0.4) is 0 Å². The summed E-state index contributed by atoms with van der Waals surface area (Å²) in [6.07, 6.45) is 0.811. The Morgan fingerprint density at radius 2 is 1.67 bits per heavy atom. The highest BCUT2D eigenvalue weighted by atomic mass is 35.5. The molecule has 3 aromatic rings. The number of carbonyl (C=O) groups is 1. The molecule has 6 nitrogen and oxygen atoms in total. The first kappa shape index (κ1) is 21.2. The molecule has 33 heavy (non-hydrogen) atoms. The van der Waals surface area contributed by atoms with Crippen LogP contribution in [0, 0.1) is 15.9 Å². The van der Waals surface area contributed by atoms with E-state index in [1.165, 1.54) is 24.3 Å². The Morgan fingerprint density at radius 3 is 2.39 bits per heavy atom. The molecule has 1 aliphatic heterocycles. The fourth-order valence-electron chi connectivity index (χ4n) is 4.56. The van der Waals surface area contributed by atoms with Gasteiger partial charge in [0.2, 0.25) is 0 Å². The van der Waals surface area contributed by atoms with Gasteiger partial charge in [0.25, 0.3) is 5.69 Å². The number of ketones is 1. The highest BCUT2D eigenvalue weighted by Crippen LogP contribution is 2.45. The van der Waals surface area contributed by atoms with Crippen molar-refractivity contribution in [3.8, 4) is 0 Å². The molecule has 0 fully saturated rings. The van der Waals surface area contributed by atoms with E-state index in [0.29, 0.717) is 17.6 Å². The van der Waals surface area contributed by atoms with Gasteiger partial charge in [0, 0.05) is 23.8 Å². The van der Waals surface area contributed by atoms with Gasteiger partial charge in [-0.05, 0) is 53.8 Å². The molecule has 1 heterocycles. The summed E-state index contributed by atoms with van der Waals surface area (Å²) in [7, 11) is 0. The topological polar surface area (TPSA) is 84.3 Å². The fourth-order valence-corrected chi connectivity index (χ4v) is 4.75. The van der Waals surface area contributed by atoms with Crippen molar-refractivity contribution >= 4 is 34.4 Å². The van der Waals surface area contributed by atoms with Crippen LogP contribution in [0.5, 0.6) is 0 Å². The number of nitrogens with zero attached hydrogens (tertiary/aromatic N) is 1. The van der Waals surface area contributed by atoms with Gasteiger partial charge in [-0.2, -0.15) is 0 Å². The summed E-state index contributed by atoms with van der Waals surface area (Å²) < 4.78 is 13.4. The molecule has 0 aromatic heterocycles. The van der Waals surface area contributed by atoms with E-state index in [2.05, 4.69) is 10.6 Å². The van der Waals surface area contributed by atoms with E-state index in [4.69, 9.17) is 11.6 Å². The molecular weight excluding hydrogens is 445 g/mol. The summed E-state index contributed by atoms with van der Waals surface area (Å²) in [5, 5.41) is 18.3. The molecule has 0 bridgehead atoms. The number of hydrogen-bond acceptors (Lipinski definition) is 5. The minimum atomic E-state index is -0.589. The van der Waals surface area contributed by atoms with Crippen molar-refractivity contribution in [2.45, 2.75) is 24.8 Å². The average molecular weight is 464 g/mol. The zero-order valence-corrected chi connectivity index (χ0v) is 18.1. The molecule has 0 radical (unpaired) electrons. The number of allylic oxidation sites excluding steroid dienone is 1. The van der Waals surface area contributed by atoms with Crippen molar-refractivity contribution < 1.29 is 14.1 Å². The second-order valence-electron chi connectivity index (χ2n) is 8.19. The van der Waals surface area contributed by atoms with Crippen molar-refractivity contribution in [3.63, 3.8) is 0 Å². The Labute approximate surface area is 194 Å². The number of para-hydroxylation sites is 2. The molecule has 5 rings (SSSR count). The molecule has 2 unspecified atom stereocenters. The van der Waals surface area contributed by atoms with Crippen molar-refractivity contribution in [1.82, 2.24) is 0 Å². The maximum Gasteiger partial charge on any atom is 0.288 e. The summed E-state index contributed by atoms with van der Waals surface area (Å²) in [6.45, 7) is 0. The Morgan fingerprint density at radius 1 is 0.970 bits per heavy atom. The largest absolute Gasteiger partial charge is 0.372 e. The highest BCUT2D eigenvalue weighted by Gasteiger charge is 2.36. The Bertz CT molecular complexity index is 1310. The minimum absolute atomic E-state index is 0.0384. The van der Waals surface area contributed by atoms with Crippen LogP contribution in [0.15, 0.2) is 78.0 Å². The Kier molecular flexibility index (Phi) is 5.34. The number of halogens is 2. The minimum Gasteiger partial charge on any atom is -0.372 e. The van der Waals surface area contributed by atoms with E-state index in [0.717, 1.165) is 22.6 Å². The number of nitro groups is 1. The zero-order chi connectivity index (χ0) is 23.1. The van der Waals surface area contributed by atoms with E-state index in [-0.39, 0.29) is 34.6 Å². The van der Waals surface area contributed by atoms with E-state index in [1.54, 1.807) is 18.2 Å². The van der Waals surface area contributed by atoms with Gasteiger partial charge in [-0.1, -0.05) is 41.9 Å². The number of nitro benzene ring substituents is 1. The molecule has 0 saturated carbocycles. The molecule has 166 valence electrons. The molecule has 3 aromatic carbocycles. The first-order chi connectivity index (χ1) is 15.9. The maximum atomic E-state index is 13.5. The van der Waals surface area contributed by atoms with E-state index in [1.807, 2.05) is 24.3 Å². The number of nitrogens with one attached hydrogen (secondary N) is 2. The van der Waals surface area contributed by atoms with Gasteiger partial charge >= 0.3 is 0 Å². The lowest BCUT2D eigenvalue weighted by Crippen LogP contribution is -2.27. The second kappa shape index (κ2) is 8.33. The summed E-state index contributed by atoms with van der Waals surface area (Å²) in [5.41, 5.74) is 4.13. The molecule has 0 saturated heterocycles. The number of carbonyl (C=O) groups excluding carboxylic acids is 1. The van der Waals surface area contributed by atoms with Crippen LogP contribution in [0.4, 0.5) is 21.5 Å². The van der Waals surface area contributed by atoms with Gasteiger partial charge < -0.3 is 10.6 Å². The summed E-state index contributed by atoms with van der Waals surface area (Å²) >= 11 is 6.03. The monoisotopic (exact) mass is 463 g/mol. The molecule has 0 spiro atoms. The van der Waals surface area contributed by atoms with Crippen LogP contribution in [-0.4, -0.2) is 10.7 Å². The van der Waals surface area contributed by atoms with Crippen LogP contribution >= 0.6 is 11.6 Å². The van der Waals surface area contributed by atoms with Crippen molar-refractivity contribution in [3.05, 3.63) is 110 Å². The summed E-state index contributed by atoms with van der Waals surface area (Å²) in [4.78, 5) is 24.4. The standard InChI is InChI=1S/C25H19ClFN3O3/c26-18-10-7-15(12-22(18)30(32)33)25-24-21(28-19-3-1-2-4-20(19)29-25)11-16(13-23(24)31)14-5-8-17(27)9-6-14/h1-10,12,16,25,28-29H,11,13H2. The predicted molar refractivity (Wildman–Crippen MR) is 125 cm³/mol. The molecule has 1 aliphatic carbocycles. The lowest BCUT2D eigenvalue weighted by molar-refractivity contribution is -0.384. The van der Waals surface area contributed by atoms with Gasteiger partial charge in [0.1, 0.15) is 10.8 Å². The zero-order valence-electron chi connectivity index (χ0n) is 17.3. The number of fused-ring (bicyclic) bond motifs is 1. The van der Waals surface area contributed by atoms with E-state index < -0.39 is 11.0 Å². The molecule has 2 atom stereocenters. The van der Waals surface area contributed by atoms with Gasteiger partial charge in [-0.15, -0.1) is 0 Å². The Balaban J connectivity index is 1.62. The molecule has 0 amide bonds. The summed E-state index contributed by atoms with van der Waals surface area (Å²) in [5.74, 6) is -0.494. The van der Waals surface area contributed by atoms with Crippen molar-refractivity contribution in [2.75, 3.05) is 10.6 Å². The van der Waals surface area contributed by atoms with Crippen LogP contribution in [0.1, 0.15) is 35.9 Å². The normalized spacial score (nSPS) is 19.6. The third-order valence-corrected chi connectivity index (χ3v) is 6.47. The van der Waals surface area contributed by atoms with Gasteiger partial charge in [0.15, 0.2) is 5.78 Å². The maximum absolute atomic E-state index is 13.5. The quantitative estimate of drug-likeness (QED) is 0.348. The van der Waals surface area contributed by atoms with Crippen LogP contribution in [0.2, 0.25) is 5.02 Å². The highest BCUT2D eigenvalue weighted by molar-refractivity contribution is 6.32. The van der Waals surface area contributed by atoms with Crippen LogP contribution in [-0.2, 0) is 4.79 Å². The van der Waals surface area contributed by atoms with Crippen molar-refractivity contribution in [1.29, 1.82) is 0 Å². The van der Waals surface area contributed by atoms with E-state index >= 15 is 0 Å². The SMILES string of the molecule is O=C1CC(c2ccc(F)cc2)CC2=C1C(c1ccc(Cl)c([N+](=O)[O-])c1)Nc1ccccc1N2. The lowest BCUT2D eigenvalue weighted by Gasteiger charge is -2.30. The number of rotatable bonds is 3. The average Bonchev–Trinajstić information content (AvgIpc) is 2.96. The number of anilines is 2. The first-order valence-electron chi connectivity index (χ1n) is 10.5. The smallest absolute Gasteiger partial charge is 0.288 e. The van der Waals surface area contributed by atoms with Crippen LogP contribution in [0.25, 0.3) is 0 Å². The number of hydrogen-bond donors (Lipinski definition) is 2. The lowest BCUT2D eigenvalue weighted by atomic mass is 9.78.